The van der Waals surface area contributed by atoms with Crippen LogP contribution in [0.1, 0.15) is 30.9 Å². The van der Waals surface area contributed by atoms with Crippen molar-refractivity contribution >= 4 is 26.0 Å². The van der Waals surface area contributed by atoms with Crippen LogP contribution in [0.5, 0.6) is 0 Å². The fourth-order valence-electron chi connectivity index (χ4n) is 1.79. The lowest BCUT2D eigenvalue weighted by molar-refractivity contribution is 0.557. The molecule has 0 aliphatic heterocycles. The maximum absolute atomic E-state index is 12.3. The molecule has 0 unspecified atom stereocenters. The standard InChI is InChI=1S/C12H17BrN2O2S/c1-8-5-9(7-14)6-10(11(8)13)18(16,17)15-12(2)3-4-12/h5-6,15H,3-4,7,14H2,1-2H3. The predicted octanol–water partition coefficient (Wildman–Crippen LogP) is 2.05. The number of halogens is 1. The van der Waals surface area contributed by atoms with Gasteiger partial charge < -0.3 is 5.73 Å². The second kappa shape index (κ2) is 4.59. The van der Waals surface area contributed by atoms with E-state index in [-0.39, 0.29) is 10.4 Å². The molecule has 1 aliphatic rings. The average Bonchev–Trinajstić information content (AvgIpc) is 2.98. The third-order valence-electron chi connectivity index (χ3n) is 3.19. The fraction of sp³-hybridized carbons (Fsp3) is 0.500. The number of benzene rings is 1. The van der Waals surface area contributed by atoms with Gasteiger partial charge in [-0.2, -0.15) is 0 Å². The van der Waals surface area contributed by atoms with Crippen LogP contribution in [0.3, 0.4) is 0 Å². The Morgan fingerprint density at radius 1 is 1.44 bits per heavy atom. The van der Waals surface area contributed by atoms with E-state index < -0.39 is 10.0 Å². The van der Waals surface area contributed by atoms with Crippen molar-refractivity contribution < 1.29 is 8.42 Å². The van der Waals surface area contributed by atoms with Gasteiger partial charge in [0.15, 0.2) is 0 Å². The number of aryl methyl sites for hydroxylation is 1. The zero-order chi connectivity index (χ0) is 13.6. The molecule has 100 valence electrons. The average molecular weight is 333 g/mol. The molecule has 3 N–H and O–H groups in total. The number of nitrogens with two attached hydrogens (primary N) is 1. The summed E-state index contributed by atoms with van der Waals surface area (Å²) < 4.78 is 28.0. The molecule has 1 aromatic rings. The molecule has 0 aromatic heterocycles. The largest absolute Gasteiger partial charge is 0.326 e. The maximum Gasteiger partial charge on any atom is 0.242 e. The molecule has 6 heteroatoms. The van der Waals surface area contributed by atoms with Crippen molar-refractivity contribution in [3.8, 4) is 0 Å². The molecule has 0 radical (unpaired) electrons. The highest BCUT2D eigenvalue weighted by atomic mass is 79.9. The lowest BCUT2D eigenvalue weighted by Gasteiger charge is -2.15. The van der Waals surface area contributed by atoms with Gasteiger partial charge in [0.25, 0.3) is 0 Å². The molecule has 0 saturated heterocycles. The van der Waals surface area contributed by atoms with Crippen molar-refractivity contribution in [2.75, 3.05) is 0 Å². The minimum Gasteiger partial charge on any atom is -0.326 e. The molecule has 0 atom stereocenters. The van der Waals surface area contributed by atoms with Crippen LogP contribution in [0.4, 0.5) is 0 Å². The van der Waals surface area contributed by atoms with Crippen molar-refractivity contribution in [2.24, 2.45) is 5.73 Å². The van der Waals surface area contributed by atoms with Gasteiger partial charge in [-0.25, -0.2) is 13.1 Å². The second-order valence-electron chi connectivity index (χ2n) is 5.10. The monoisotopic (exact) mass is 332 g/mol. The first-order valence-electron chi connectivity index (χ1n) is 5.80. The Morgan fingerprint density at radius 3 is 2.56 bits per heavy atom. The van der Waals surface area contributed by atoms with E-state index >= 15 is 0 Å². The highest BCUT2D eigenvalue weighted by Gasteiger charge is 2.41. The highest BCUT2D eigenvalue weighted by Crippen LogP contribution is 2.37. The lowest BCUT2D eigenvalue weighted by Crippen LogP contribution is -2.34. The summed E-state index contributed by atoms with van der Waals surface area (Å²) in [7, 11) is -3.49. The van der Waals surface area contributed by atoms with E-state index in [1.165, 1.54) is 0 Å². The van der Waals surface area contributed by atoms with E-state index in [1.807, 2.05) is 19.9 Å². The summed E-state index contributed by atoms with van der Waals surface area (Å²) >= 11 is 3.35. The van der Waals surface area contributed by atoms with Crippen molar-refractivity contribution in [3.63, 3.8) is 0 Å². The molecule has 2 rings (SSSR count). The zero-order valence-electron chi connectivity index (χ0n) is 10.5. The summed E-state index contributed by atoms with van der Waals surface area (Å²) in [6.45, 7) is 4.10. The first-order valence-corrected chi connectivity index (χ1v) is 8.08. The van der Waals surface area contributed by atoms with Crippen LogP contribution in [0, 0.1) is 6.92 Å². The zero-order valence-corrected chi connectivity index (χ0v) is 12.9. The van der Waals surface area contributed by atoms with Gasteiger partial charge in [0.2, 0.25) is 10.0 Å². The third kappa shape index (κ3) is 2.77. The molecular formula is C12H17BrN2O2S. The quantitative estimate of drug-likeness (QED) is 0.886. The van der Waals surface area contributed by atoms with E-state index in [9.17, 15) is 8.42 Å². The predicted molar refractivity (Wildman–Crippen MR) is 74.7 cm³/mol. The minimum absolute atomic E-state index is 0.273. The van der Waals surface area contributed by atoms with E-state index in [4.69, 9.17) is 5.73 Å². The Labute approximate surface area is 116 Å². The van der Waals surface area contributed by atoms with Crippen molar-refractivity contribution in [1.82, 2.24) is 4.72 Å². The van der Waals surface area contributed by atoms with E-state index in [1.54, 1.807) is 6.07 Å². The minimum atomic E-state index is -3.49. The molecular weight excluding hydrogens is 316 g/mol. The first kappa shape index (κ1) is 14.0. The maximum atomic E-state index is 12.3. The van der Waals surface area contributed by atoms with Crippen LogP contribution in [0.25, 0.3) is 0 Å². The summed E-state index contributed by atoms with van der Waals surface area (Å²) in [5.74, 6) is 0. The van der Waals surface area contributed by atoms with Gasteiger partial charge in [0, 0.05) is 16.6 Å². The fourth-order valence-corrected chi connectivity index (χ4v) is 4.33. The molecule has 1 aromatic carbocycles. The summed E-state index contributed by atoms with van der Waals surface area (Å²) in [5, 5.41) is 0. The van der Waals surface area contributed by atoms with Gasteiger partial charge in [-0.3, -0.25) is 0 Å². The molecule has 0 spiro atoms. The van der Waals surface area contributed by atoms with Gasteiger partial charge in [0.05, 0.1) is 4.90 Å². The van der Waals surface area contributed by atoms with Gasteiger partial charge in [-0.1, -0.05) is 6.07 Å². The highest BCUT2D eigenvalue weighted by molar-refractivity contribution is 9.10. The smallest absolute Gasteiger partial charge is 0.242 e. The summed E-state index contributed by atoms with van der Waals surface area (Å²) in [6.07, 6.45) is 1.78. The molecule has 0 bridgehead atoms. The van der Waals surface area contributed by atoms with Crippen LogP contribution in [-0.2, 0) is 16.6 Å². The molecule has 0 heterocycles. The summed E-state index contributed by atoms with van der Waals surface area (Å²) in [5.41, 5.74) is 7.01. The summed E-state index contributed by atoms with van der Waals surface area (Å²) in [4.78, 5) is 0.274. The molecule has 0 amide bonds. The summed E-state index contributed by atoms with van der Waals surface area (Å²) in [6, 6.07) is 3.52. The van der Waals surface area contributed by atoms with Crippen molar-refractivity contribution in [3.05, 3.63) is 27.7 Å². The van der Waals surface area contributed by atoms with E-state index in [0.717, 1.165) is 24.0 Å². The van der Waals surface area contributed by atoms with E-state index in [0.29, 0.717) is 11.0 Å². The number of hydrogen-bond acceptors (Lipinski definition) is 3. The van der Waals surface area contributed by atoms with Gasteiger partial charge >= 0.3 is 0 Å². The Hall–Kier alpha value is -0.430. The van der Waals surface area contributed by atoms with Crippen LogP contribution in [0.15, 0.2) is 21.5 Å². The third-order valence-corrected chi connectivity index (χ3v) is 6.16. The second-order valence-corrected chi connectivity index (χ2v) is 7.54. The Kier molecular flexibility index (Phi) is 3.57. The van der Waals surface area contributed by atoms with Crippen LogP contribution < -0.4 is 10.5 Å². The van der Waals surface area contributed by atoms with Crippen molar-refractivity contribution in [1.29, 1.82) is 0 Å². The first-order chi connectivity index (χ1) is 8.27. The van der Waals surface area contributed by atoms with Gasteiger partial charge in [0.1, 0.15) is 0 Å². The van der Waals surface area contributed by atoms with Crippen molar-refractivity contribution in [2.45, 2.75) is 43.7 Å². The topological polar surface area (TPSA) is 72.2 Å². The number of sulfonamides is 1. The molecule has 18 heavy (non-hydrogen) atoms. The Balaban J connectivity index is 2.46. The van der Waals surface area contributed by atoms with Crippen LogP contribution in [0.2, 0.25) is 0 Å². The molecule has 4 nitrogen and oxygen atoms in total. The van der Waals surface area contributed by atoms with E-state index in [2.05, 4.69) is 20.7 Å². The SMILES string of the molecule is Cc1cc(CN)cc(S(=O)(=O)NC2(C)CC2)c1Br. The molecule has 1 aliphatic carbocycles. The Morgan fingerprint density at radius 2 is 2.06 bits per heavy atom. The normalized spacial score (nSPS) is 17.8. The number of hydrogen-bond donors (Lipinski definition) is 2. The van der Waals surface area contributed by atoms with Gasteiger partial charge in [-0.05, 0) is 59.8 Å². The molecule has 1 fully saturated rings. The van der Waals surface area contributed by atoms with Crippen LogP contribution in [-0.4, -0.2) is 14.0 Å². The van der Waals surface area contributed by atoms with Crippen LogP contribution >= 0.6 is 15.9 Å². The lowest BCUT2D eigenvalue weighted by atomic mass is 10.1. The number of rotatable bonds is 4. The molecule has 1 saturated carbocycles. The van der Waals surface area contributed by atoms with Gasteiger partial charge in [-0.15, -0.1) is 0 Å². The number of nitrogens with one attached hydrogen (secondary N) is 1. The Bertz CT molecular complexity index is 580.